The Bertz CT molecular complexity index is 70.8. The van der Waals surface area contributed by atoms with Crippen LogP contribution in [0.2, 0.25) is 0 Å². The molecule has 0 unspecified atom stereocenters. The fraction of sp³-hybridized carbons (Fsp3) is 1.00. The molecule has 0 radical (unpaired) electrons. The zero-order valence-corrected chi connectivity index (χ0v) is 5.95. The Morgan fingerprint density at radius 2 is 2.00 bits per heavy atom. The molecule has 1 aliphatic carbocycles. The van der Waals surface area contributed by atoms with Gasteiger partial charge in [0.25, 0.3) is 0 Å². The van der Waals surface area contributed by atoms with Crippen LogP contribution in [-0.2, 0) is 4.74 Å². The standard InChI is InChI=1S/C5H8Cl2O/c6-5(7)8-4-2-1-3-4/h4-5H,1-3H2. The lowest BCUT2D eigenvalue weighted by molar-refractivity contribution is 0.0132. The summed E-state index contributed by atoms with van der Waals surface area (Å²) < 4.78 is 5.02. The monoisotopic (exact) mass is 154 g/mol. The molecule has 1 fully saturated rings. The first-order chi connectivity index (χ1) is 3.79. The van der Waals surface area contributed by atoms with Gasteiger partial charge >= 0.3 is 0 Å². The highest BCUT2D eigenvalue weighted by atomic mass is 35.5. The Labute approximate surface area is 58.9 Å². The molecule has 0 aromatic heterocycles. The fourth-order valence-corrected chi connectivity index (χ4v) is 0.943. The summed E-state index contributed by atoms with van der Waals surface area (Å²) in [7, 11) is 0. The van der Waals surface area contributed by atoms with E-state index < -0.39 is 5.02 Å². The molecule has 1 aliphatic rings. The van der Waals surface area contributed by atoms with E-state index in [1.54, 1.807) is 0 Å². The van der Waals surface area contributed by atoms with Gasteiger partial charge in [0, 0.05) is 0 Å². The SMILES string of the molecule is ClC(Cl)OC1CCC1. The van der Waals surface area contributed by atoms with Crippen molar-refractivity contribution >= 4 is 23.2 Å². The van der Waals surface area contributed by atoms with E-state index >= 15 is 0 Å². The van der Waals surface area contributed by atoms with Crippen LogP contribution < -0.4 is 0 Å². The lowest BCUT2D eigenvalue weighted by atomic mass is 9.96. The molecule has 0 heterocycles. The lowest BCUT2D eigenvalue weighted by Crippen LogP contribution is -2.22. The van der Waals surface area contributed by atoms with E-state index in [4.69, 9.17) is 27.9 Å². The number of alkyl halides is 2. The second kappa shape index (κ2) is 2.90. The smallest absolute Gasteiger partial charge is 0.206 e. The molecular weight excluding hydrogens is 147 g/mol. The minimum absolute atomic E-state index is 0.343. The van der Waals surface area contributed by atoms with Crippen molar-refractivity contribution in [2.24, 2.45) is 0 Å². The highest BCUT2D eigenvalue weighted by Gasteiger charge is 2.19. The predicted molar refractivity (Wildman–Crippen MR) is 34.2 cm³/mol. The van der Waals surface area contributed by atoms with Crippen LogP contribution in [-0.4, -0.2) is 11.1 Å². The molecule has 0 atom stereocenters. The second-order valence-corrected chi connectivity index (χ2v) is 2.97. The van der Waals surface area contributed by atoms with Crippen LogP contribution in [0.3, 0.4) is 0 Å². The Hall–Kier alpha value is 0.540. The third kappa shape index (κ3) is 1.81. The zero-order chi connectivity index (χ0) is 5.98. The maximum absolute atomic E-state index is 5.33. The Morgan fingerprint density at radius 1 is 1.38 bits per heavy atom. The van der Waals surface area contributed by atoms with Crippen molar-refractivity contribution in [1.82, 2.24) is 0 Å². The normalized spacial score (nSPS) is 21.4. The van der Waals surface area contributed by atoms with Crippen LogP contribution in [0.5, 0.6) is 0 Å². The minimum Gasteiger partial charge on any atom is -0.346 e. The van der Waals surface area contributed by atoms with E-state index in [-0.39, 0.29) is 0 Å². The first kappa shape index (κ1) is 6.66. The van der Waals surface area contributed by atoms with Gasteiger partial charge in [0.1, 0.15) is 0 Å². The predicted octanol–water partition coefficient (Wildman–Crippen LogP) is 2.32. The summed E-state index contributed by atoms with van der Waals surface area (Å²) in [5.74, 6) is 0. The maximum atomic E-state index is 5.33. The van der Waals surface area contributed by atoms with E-state index in [0.29, 0.717) is 6.10 Å². The Morgan fingerprint density at radius 3 is 2.12 bits per heavy atom. The molecule has 48 valence electrons. The summed E-state index contributed by atoms with van der Waals surface area (Å²) >= 11 is 10.7. The summed E-state index contributed by atoms with van der Waals surface area (Å²) in [5.41, 5.74) is 0. The maximum Gasteiger partial charge on any atom is 0.206 e. The summed E-state index contributed by atoms with van der Waals surface area (Å²) in [6.45, 7) is 0. The Balaban J connectivity index is 2.01. The summed E-state index contributed by atoms with van der Waals surface area (Å²) in [4.78, 5) is 0. The van der Waals surface area contributed by atoms with Crippen LogP contribution in [0.4, 0.5) is 0 Å². The fourth-order valence-electron chi connectivity index (χ4n) is 0.652. The van der Waals surface area contributed by atoms with Crippen molar-refractivity contribution in [3.05, 3.63) is 0 Å². The van der Waals surface area contributed by atoms with Crippen molar-refractivity contribution < 1.29 is 4.74 Å². The van der Waals surface area contributed by atoms with Gasteiger partial charge in [-0.1, -0.05) is 23.2 Å². The highest BCUT2D eigenvalue weighted by Crippen LogP contribution is 2.24. The van der Waals surface area contributed by atoms with E-state index in [1.807, 2.05) is 0 Å². The van der Waals surface area contributed by atoms with Crippen LogP contribution >= 0.6 is 23.2 Å². The van der Waals surface area contributed by atoms with E-state index in [1.165, 1.54) is 6.42 Å². The van der Waals surface area contributed by atoms with Gasteiger partial charge in [-0.15, -0.1) is 0 Å². The van der Waals surface area contributed by atoms with Crippen LogP contribution in [0, 0.1) is 0 Å². The van der Waals surface area contributed by atoms with Crippen LogP contribution in [0.15, 0.2) is 0 Å². The van der Waals surface area contributed by atoms with E-state index in [2.05, 4.69) is 0 Å². The molecule has 0 spiro atoms. The molecule has 0 aromatic rings. The third-order valence-corrected chi connectivity index (χ3v) is 1.55. The second-order valence-electron chi connectivity index (χ2n) is 1.95. The topological polar surface area (TPSA) is 9.23 Å². The molecule has 1 nitrogen and oxygen atoms in total. The molecule has 0 N–H and O–H groups in total. The van der Waals surface area contributed by atoms with Gasteiger partial charge in [-0.25, -0.2) is 0 Å². The molecule has 0 amide bonds. The van der Waals surface area contributed by atoms with Crippen LogP contribution in [0.25, 0.3) is 0 Å². The van der Waals surface area contributed by atoms with Gasteiger partial charge in [0.2, 0.25) is 5.02 Å². The van der Waals surface area contributed by atoms with Gasteiger partial charge in [0.15, 0.2) is 0 Å². The average molecular weight is 155 g/mol. The summed E-state index contributed by atoms with van der Waals surface area (Å²) in [5, 5.41) is -0.625. The van der Waals surface area contributed by atoms with Gasteiger partial charge in [0.05, 0.1) is 6.10 Å². The molecule has 8 heavy (non-hydrogen) atoms. The van der Waals surface area contributed by atoms with Crippen molar-refractivity contribution in [1.29, 1.82) is 0 Å². The molecular formula is C5H8Cl2O. The minimum atomic E-state index is -0.625. The van der Waals surface area contributed by atoms with Gasteiger partial charge in [-0.2, -0.15) is 0 Å². The number of hydrogen-bond donors (Lipinski definition) is 0. The number of ether oxygens (including phenoxy) is 1. The van der Waals surface area contributed by atoms with E-state index in [0.717, 1.165) is 12.8 Å². The first-order valence-corrected chi connectivity index (χ1v) is 3.60. The van der Waals surface area contributed by atoms with Gasteiger partial charge in [-0.3, -0.25) is 0 Å². The molecule has 0 aliphatic heterocycles. The molecule has 1 saturated carbocycles. The first-order valence-electron chi connectivity index (χ1n) is 2.72. The number of hydrogen-bond acceptors (Lipinski definition) is 1. The zero-order valence-electron chi connectivity index (χ0n) is 4.44. The largest absolute Gasteiger partial charge is 0.346 e. The third-order valence-electron chi connectivity index (χ3n) is 1.35. The summed E-state index contributed by atoms with van der Waals surface area (Å²) in [6.07, 6.45) is 3.84. The Kier molecular flexibility index (Phi) is 2.42. The lowest BCUT2D eigenvalue weighted by Gasteiger charge is -2.25. The van der Waals surface area contributed by atoms with Gasteiger partial charge in [-0.05, 0) is 19.3 Å². The number of rotatable bonds is 2. The summed E-state index contributed by atoms with van der Waals surface area (Å²) in [6, 6.07) is 0. The highest BCUT2D eigenvalue weighted by molar-refractivity contribution is 6.43. The van der Waals surface area contributed by atoms with Crippen molar-refractivity contribution in [2.45, 2.75) is 30.4 Å². The van der Waals surface area contributed by atoms with Crippen LogP contribution in [0.1, 0.15) is 19.3 Å². The molecule has 0 bridgehead atoms. The molecule has 3 heteroatoms. The average Bonchev–Trinajstić information content (AvgIpc) is 1.55. The van der Waals surface area contributed by atoms with Crippen molar-refractivity contribution in [3.8, 4) is 0 Å². The van der Waals surface area contributed by atoms with Crippen molar-refractivity contribution in [2.75, 3.05) is 0 Å². The van der Waals surface area contributed by atoms with E-state index in [9.17, 15) is 0 Å². The van der Waals surface area contributed by atoms with Gasteiger partial charge < -0.3 is 4.74 Å². The molecule has 1 rings (SSSR count). The molecule has 0 aromatic carbocycles. The molecule has 0 saturated heterocycles. The number of halogens is 2. The quantitative estimate of drug-likeness (QED) is 0.556. The van der Waals surface area contributed by atoms with Crippen molar-refractivity contribution in [3.63, 3.8) is 0 Å².